The molecule has 0 fully saturated rings. The van der Waals surface area contributed by atoms with Gasteiger partial charge in [0.2, 0.25) is 5.91 Å². The van der Waals surface area contributed by atoms with Crippen molar-refractivity contribution in [1.29, 1.82) is 0 Å². The molecule has 0 radical (unpaired) electrons. The van der Waals surface area contributed by atoms with Crippen molar-refractivity contribution in [3.05, 3.63) is 42.0 Å². The minimum Gasteiger partial charge on any atom is -0.323 e. The van der Waals surface area contributed by atoms with Crippen molar-refractivity contribution < 1.29 is 7.65 Å². The van der Waals surface area contributed by atoms with Crippen LogP contribution in [0, 0.1) is 6.92 Å². The molecule has 1 rings (SSSR count). The number of hydrogen-bond acceptors (Lipinski definition) is 2. The summed E-state index contributed by atoms with van der Waals surface area (Å²) in [5, 5.41) is 2.80. The molecule has 1 aromatic carbocycles. The molecule has 0 atom stereocenters. The number of carbonyl (C=O) groups is 1. The molecule has 0 spiro atoms. The third-order valence-corrected chi connectivity index (χ3v) is 2.06. The van der Waals surface area contributed by atoms with Gasteiger partial charge in [-0.05, 0) is 33.2 Å². The average Bonchev–Trinajstić information content (AvgIpc) is 2.21. The van der Waals surface area contributed by atoms with Gasteiger partial charge in [-0.25, -0.2) is 0 Å². The van der Waals surface area contributed by atoms with E-state index in [2.05, 4.69) is 5.32 Å². The van der Waals surface area contributed by atoms with Crippen LogP contribution in [0.5, 0.6) is 0 Å². The van der Waals surface area contributed by atoms with Gasteiger partial charge in [-0.1, -0.05) is 23.8 Å². The molecule has 3 heteroatoms. The molecule has 16 heavy (non-hydrogen) atoms. The van der Waals surface area contributed by atoms with Crippen LogP contribution < -0.4 is 5.32 Å². The molecular formula is C13H22N2O. The monoisotopic (exact) mass is 222 g/mol. The Balaban J connectivity index is 0. The van der Waals surface area contributed by atoms with Gasteiger partial charge < -0.3 is 10.2 Å². The normalized spacial score (nSPS) is 11.0. The zero-order valence-corrected chi connectivity index (χ0v) is 10.0. The first-order chi connectivity index (χ1) is 7.58. The second kappa shape index (κ2) is 6.08. The topological polar surface area (TPSA) is 32.3 Å². The third-order valence-electron chi connectivity index (χ3n) is 2.06. The largest absolute Gasteiger partial charge is 0.323 e. The second-order valence-corrected chi connectivity index (χ2v) is 4.02. The Bertz CT molecular complexity index is 375. The van der Waals surface area contributed by atoms with Crippen LogP contribution >= 0.6 is 0 Å². The Morgan fingerprint density at radius 1 is 1.38 bits per heavy atom. The number of rotatable bonds is 4. The number of amides is 1. The van der Waals surface area contributed by atoms with Crippen LogP contribution in [0.1, 0.15) is 8.42 Å². The van der Waals surface area contributed by atoms with Crippen molar-refractivity contribution in [3.8, 4) is 0 Å². The summed E-state index contributed by atoms with van der Waals surface area (Å²) in [6.07, 6.45) is 3.39. The van der Waals surface area contributed by atoms with E-state index >= 15 is 0 Å². The fraction of sp³-hybridized carbons (Fsp3) is 0.308. The van der Waals surface area contributed by atoms with Gasteiger partial charge in [0.25, 0.3) is 0 Å². The van der Waals surface area contributed by atoms with Crippen molar-refractivity contribution in [2.45, 2.75) is 6.92 Å². The van der Waals surface area contributed by atoms with Crippen molar-refractivity contribution >= 4 is 11.6 Å². The minimum atomic E-state index is -0.0919. The van der Waals surface area contributed by atoms with Gasteiger partial charge in [0.1, 0.15) is 0 Å². The zero-order valence-electron chi connectivity index (χ0n) is 10.0. The van der Waals surface area contributed by atoms with Crippen LogP contribution in [0.3, 0.4) is 0 Å². The molecule has 0 aliphatic rings. The Kier molecular flexibility index (Phi) is 4.73. The number of nitrogens with zero attached hydrogens (tertiary/aromatic N) is 1. The van der Waals surface area contributed by atoms with Gasteiger partial charge in [-0.15, -0.1) is 0 Å². The molecule has 0 aliphatic carbocycles. The quantitative estimate of drug-likeness (QED) is 0.794. The lowest BCUT2D eigenvalue weighted by Gasteiger charge is -2.04. The number of hydrogen-bond donors (Lipinski definition) is 1. The maximum Gasteiger partial charge on any atom is 0.248 e. The van der Waals surface area contributed by atoms with Gasteiger partial charge in [0.05, 0.1) is 0 Å². The highest BCUT2D eigenvalue weighted by Crippen LogP contribution is 2.08. The van der Waals surface area contributed by atoms with Crippen LogP contribution in [-0.4, -0.2) is 31.4 Å². The number of benzene rings is 1. The van der Waals surface area contributed by atoms with E-state index in [0.717, 1.165) is 12.2 Å². The predicted molar refractivity (Wildman–Crippen MR) is 71.7 cm³/mol. The molecule has 0 aromatic heterocycles. The van der Waals surface area contributed by atoms with Crippen LogP contribution in [-0.2, 0) is 4.79 Å². The molecular weight excluding hydrogens is 200 g/mol. The van der Waals surface area contributed by atoms with E-state index in [0.29, 0.717) is 0 Å². The molecule has 0 unspecified atom stereocenters. The fourth-order valence-electron chi connectivity index (χ4n) is 1.19. The fourth-order valence-corrected chi connectivity index (χ4v) is 1.19. The number of likely N-dealkylation sites (N-methyl/N-ethyl adjacent to an activating group) is 1. The van der Waals surface area contributed by atoms with Gasteiger partial charge in [-0.3, -0.25) is 4.79 Å². The van der Waals surface area contributed by atoms with Crippen LogP contribution in [0.15, 0.2) is 36.4 Å². The van der Waals surface area contributed by atoms with Gasteiger partial charge in [0, 0.05) is 21.2 Å². The summed E-state index contributed by atoms with van der Waals surface area (Å²) in [6.45, 7) is 2.78. The minimum absolute atomic E-state index is 0. The molecule has 1 amide bonds. The Morgan fingerprint density at radius 3 is 2.56 bits per heavy atom. The Morgan fingerprint density at radius 2 is 2.00 bits per heavy atom. The summed E-state index contributed by atoms with van der Waals surface area (Å²) in [7, 11) is 3.92. The first kappa shape index (κ1) is 12.5. The standard InChI is InChI=1S/C13H18N2O.2H2/c1-11-6-8-12(9-7-11)14-13(16)5-4-10-15(2)3;;/h4-9H,10H2,1-3H3,(H,14,16);2*1H/b5-4+;;. The molecule has 0 saturated carbocycles. The van der Waals surface area contributed by atoms with E-state index in [1.807, 2.05) is 56.3 Å². The molecule has 0 bridgehead atoms. The molecule has 0 heterocycles. The van der Waals surface area contributed by atoms with Gasteiger partial charge >= 0.3 is 0 Å². The van der Waals surface area contributed by atoms with Gasteiger partial charge in [-0.2, -0.15) is 0 Å². The van der Waals surface area contributed by atoms with Crippen molar-refractivity contribution in [2.24, 2.45) is 0 Å². The molecule has 0 aliphatic heterocycles. The highest BCUT2D eigenvalue weighted by Gasteiger charge is 1.96. The first-order valence-corrected chi connectivity index (χ1v) is 5.27. The lowest BCUT2D eigenvalue weighted by molar-refractivity contribution is -0.111. The van der Waals surface area contributed by atoms with E-state index < -0.39 is 0 Å². The van der Waals surface area contributed by atoms with E-state index in [4.69, 9.17) is 0 Å². The average molecular weight is 222 g/mol. The van der Waals surface area contributed by atoms with Crippen LogP contribution in [0.2, 0.25) is 0 Å². The summed E-state index contributed by atoms with van der Waals surface area (Å²) >= 11 is 0. The zero-order chi connectivity index (χ0) is 12.0. The summed E-state index contributed by atoms with van der Waals surface area (Å²) < 4.78 is 0. The number of anilines is 1. The van der Waals surface area contributed by atoms with E-state index in [9.17, 15) is 4.79 Å². The number of nitrogens with one attached hydrogen (secondary N) is 1. The maximum absolute atomic E-state index is 11.5. The molecule has 1 N–H and O–H groups in total. The number of aryl methyl sites for hydroxylation is 1. The van der Waals surface area contributed by atoms with Crippen molar-refractivity contribution in [3.63, 3.8) is 0 Å². The SMILES string of the molecule is Cc1ccc(NC(=O)/C=C/CN(C)C)cc1.[HH].[HH]. The summed E-state index contributed by atoms with van der Waals surface area (Å²) in [5.74, 6) is -0.0919. The second-order valence-electron chi connectivity index (χ2n) is 4.02. The highest BCUT2D eigenvalue weighted by molar-refractivity contribution is 5.99. The summed E-state index contributed by atoms with van der Waals surface area (Å²) in [4.78, 5) is 13.5. The van der Waals surface area contributed by atoms with Crippen molar-refractivity contribution in [1.82, 2.24) is 4.90 Å². The highest BCUT2D eigenvalue weighted by atomic mass is 16.1. The molecule has 90 valence electrons. The first-order valence-electron chi connectivity index (χ1n) is 5.27. The third kappa shape index (κ3) is 4.75. The van der Waals surface area contributed by atoms with E-state index in [-0.39, 0.29) is 8.76 Å². The van der Waals surface area contributed by atoms with Gasteiger partial charge in [0.15, 0.2) is 0 Å². The Hall–Kier alpha value is -1.61. The van der Waals surface area contributed by atoms with E-state index in [1.54, 1.807) is 6.08 Å². The maximum atomic E-state index is 11.5. The number of carbonyl (C=O) groups excluding carboxylic acids is 1. The van der Waals surface area contributed by atoms with Crippen molar-refractivity contribution in [2.75, 3.05) is 26.0 Å². The Labute approximate surface area is 99.7 Å². The summed E-state index contributed by atoms with van der Waals surface area (Å²) in [5.41, 5.74) is 2.01. The van der Waals surface area contributed by atoms with Crippen LogP contribution in [0.25, 0.3) is 0 Å². The summed E-state index contributed by atoms with van der Waals surface area (Å²) in [6, 6.07) is 7.73. The lowest BCUT2D eigenvalue weighted by Crippen LogP contribution is -2.12. The smallest absolute Gasteiger partial charge is 0.248 e. The molecule has 3 nitrogen and oxygen atoms in total. The van der Waals surface area contributed by atoms with E-state index in [1.165, 1.54) is 5.56 Å². The van der Waals surface area contributed by atoms with Crippen LogP contribution in [0.4, 0.5) is 5.69 Å². The lowest BCUT2D eigenvalue weighted by atomic mass is 10.2. The molecule has 0 saturated heterocycles. The predicted octanol–water partition coefficient (Wildman–Crippen LogP) is 2.54. The molecule has 1 aromatic rings.